The highest BCUT2D eigenvalue weighted by molar-refractivity contribution is 7.92. The van der Waals surface area contributed by atoms with Gasteiger partial charge >= 0.3 is 5.76 Å². The maximum absolute atomic E-state index is 15.1. The van der Waals surface area contributed by atoms with Gasteiger partial charge in [0.15, 0.2) is 5.58 Å². The highest BCUT2D eigenvalue weighted by atomic mass is 32.2. The molecule has 0 spiro atoms. The van der Waals surface area contributed by atoms with Gasteiger partial charge in [-0.1, -0.05) is 30.3 Å². The second-order valence-electron chi connectivity index (χ2n) is 8.98. The standard InChI is InChI=1S/C25H23F3N4O4S/c1-15(17-5-2-4-16(10-17)13-31-9-8-18(26)14-31)32-20-11-19(27)22(12-21(20)36-25(32)33)37(34,35)30-24-7-3-6-23(28)29-24/h2-7,10-12,15,18H,8-9,13-14H2,1H3,(H,29,30)/t15-,18?/m1/s1. The van der Waals surface area contributed by atoms with E-state index in [2.05, 4.69) is 4.98 Å². The minimum Gasteiger partial charge on any atom is -0.408 e. The van der Waals surface area contributed by atoms with Crippen LogP contribution in [0, 0.1) is 11.8 Å². The predicted octanol–water partition coefficient (Wildman–Crippen LogP) is 4.22. The normalized spacial score (nSPS) is 17.4. The summed E-state index contributed by atoms with van der Waals surface area (Å²) >= 11 is 0. The number of alkyl halides is 1. The molecule has 1 unspecified atom stereocenters. The van der Waals surface area contributed by atoms with E-state index in [4.69, 9.17) is 4.42 Å². The van der Waals surface area contributed by atoms with Gasteiger partial charge in [-0.15, -0.1) is 0 Å². The first-order valence-electron chi connectivity index (χ1n) is 11.6. The third kappa shape index (κ3) is 5.12. The summed E-state index contributed by atoms with van der Waals surface area (Å²) < 4.78 is 76.0. The van der Waals surface area contributed by atoms with Gasteiger partial charge in [0.1, 0.15) is 22.7 Å². The zero-order valence-corrected chi connectivity index (χ0v) is 20.5. The van der Waals surface area contributed by atoms with E-state index in [1.807, 2.05) is 33.9 Å². The molecule has 4 aromatic rings. The number of fused-ring (bicyclic) bond motifs is 1. The van der Waals surface area contributed by atoms with Gasteiger partial charge in [-0.3, -0.25) is 14.2 Å². The molecule has 8 nitrogen and oxygen atoms in total. The van der Waals surface area contributed by atoms with E-state index in [0.29, 0.717) is 26.1 Å². The van der Waals surface area contributed by atoms with E-state index in [9.17, 15) is 22.0 Å². The minimum atomic E-state index is -4.51. The Morgan fingerprint density at radius 3 is 2.68 bits per heavy atom. The molecule has 2 aromatic carbocycles. The molecule has 2 atom stereocenters. The van der Waals surface area contributed by atoms with Gasteiger partial charge in [0.25, 0.3) is 10.0 Å². The lowest BCUT2D eigenvalue weighted by Gasteiger charge is -2.18. The van der Waals surface area contributed by atoms with Crippen molar-refractivity contribution in [3.63, 3.8) is 0 Å². The second-order valence-corrected chi connectivity index (χ2v) is 10.6. The number of sulfonamides is 1. The number of anilines is 1. The largest absolute Gasteiger partial charge is 0.420 e. The Hall–Kier alpha value is -3.64. The van der Waals surface area contributed by atoms with E-state index < -0.39 is 44.7 Å². The fraction of sp³-hybridized carbons (Fsp3) is 0.280. The summed E-state index contributed by atoms with van der Waals surface area (Å²) in [6.07, 6.45) is -0.328. The highest BCUT2D eigenvalue weighted by Gasteiger charge is 2.26. The molecule has 0 bridgehead atoms. The average molecular weight is 533 g/mol. The Bertz CT molecular complexity index is 1640. The molecule has 1 saturated heterocycles. The van der Waals surface area contributed by atoms with Gasteiger partial charge in [0, 0.05) is 31.8 Å². The molecule has 2 aromatic heterocycles. The average Bonchev–Trinajstić information content (AvgIpc) is 3.39. The number of nitrogens with one attached hydrogen (secondary N) is 1. The van der Waals surface area contributed by atoms with E-state index in [-0.39, 0.29) is 16.9 Å². The van der Waals surface area contributed by atoms with Gasteiger partial charge < -0.3 is 4.42 Å². The number of halogens is 3. The number of aromatic nitrogens is 2. The van der Waals surface area contributed by atoms with Crippen molar-refractivity contribution in [1.82, 2.24) is 14.5 Å². The minimum absolute atomic E-state index is 0.0723. The van der Waals surface area contributed by atoms with Crippen molar-refractivity contribution < 1.29 is 26.0 Å². The smallest absolute Gasteiger partial charge is 0.408 e. The SMILES string of the molecule is C[C@H](c1cccc(CN2CCC(F)C2)c1)n1c(=O)oc2cc(S(=O)(=O)Nc3cccc(F)n3)c(F)cc21. The third-order valence-electron chi connectivity index (χ3n) is 6.35. The monoisotopic (exact) mass is 532 g/mol. The Kier molecular flexibility index (Phi) is 6.54. The number of nitrogens with zero attached hydrogens (tertiary/aromatic N) is 3. The summed E-state index contributed by atoms with van der Waals surface area (Å²) in [5, 5.41) is 0. The molecule has 1 aliphatic heterocycles. The molecule has 1 N–H and O–H groups in total. The first-order chi connectivity index (χ1) is 17.6. The van der Waals surface area contributed by atoms with Crippen LogP contribution in [-0.2, 0) is 16.6 Å². The summed E-state index contributed by atoms with van der Waals surface area (Å²) in [4.78, 5) is 17.4. The first-order valence-corrected chi connectivity index (χ1v) is 13.0. The molecule has 12 heteroatoms. The van der Waals surface area contributed by atoms with Crippen LogP contribution in [0.25, 0.3) is 11.1 Å². The number of pyridine rings is 1. The lowest BCUT2D eigenvalue weighted by Crippen LogP contribution is -2.21. The van der Waals surface area contributed by atoms with Crippen LogP contribution in [0.3, 0.4) is 0 Å². The van der Waals surface area contributed by atoms with Crippen molar-refractivity contribution in [2.75, 3.05) is 17.8 Å². The maximum Gasteiger partial charge on any atom is 0.420 e. The van der Waals surface area contributed by atoms with Crippen molar-refractivity contribution >= 4 is 26.9 Å². The predicted molar refractivity (Wildman–Crippen MR) is 130 cm³/mol. The topological polar surface area (TPSA) is 97.4 Å². The van der Waals surface area contributed by atoms with Crippen molar-refractivity contribution in [3.05, 3.63) is 88.0 Å². The molecule has 0 aliphatic carbocycles. The maximum atomic E-state index is 15.1. The Morgan fingerprint density at radius 1 is 1.16 bits per heavy atom. The molecular weight excluding hydrogens is 509 g/mol. The van der Waals surface area contributed by atoms with Crippen molar-refractivity contribution in [2.24, 2.45) is 0 Å². The molecule has 5 rings (SSSR count). The van der Waals surface area contributed by atoms with Gasteiger partial charge in [-0.05, 0) is 36.6 Å². The molecule has 37 heavy (non-hydrogen) atoms. The molecule has 194 valence electrons. The second kappa shape index (κ2) is 9.67. The number of likely N-dealkylation sites (tertiary alicyclic amines) is 1. The van der Waals surface area contributed by atoms with E-state index >= 15 is 4.39 Å². The molecule has 0 saturated carbocycles. The molecule has 1 aliphatic rings. The zero-order valence-electron chi connectivity index (χ0n) is 19.7. The fourth-order valence-corrected chi connectivity index (χ4v) is 5.63. The molecular formula is C25H23F3N4O4S. The Balaban J connectivity index is 1.46. The van der Waals surface area contributed by atoms with Crippen LogP contribution in [0.1, 0.15) is 30.5 Å². The zero-order chi connectivity index (χ0) is 26.3. The first kappa shape index (κ1) is 25.0. The molecule has 1 fully saturated rings. The Labute approximate surface area is 210 Å². The Morgan fingerprint density at radius 2 is 1.95 bits per heavy atom. The summed E-state index contributed by atoms with van der Waals surface area (Å²) in [6.45, 7) is 3.34. The summed E-state index contributed by atoms with van der Waals surface area (Å²) in [7, 11) is -4.51. The summed E-state index contributed by atoms with van der Waals surface area (Å²) in [5.74, 6) is -3.16. The van der Waals surface area contributed by atoms with Gasteiger partial charge in [-0.25, -0.2) is 27.0 Å². The number of rotatable bonds is 7. The van der Waals surface area contributed by atoms with Crippen LogP contribution in [0.15, 0.2) is 68.7 Å². The van der Waals surface area contributed by atoms with Crippen LogP contribution in [-0.4, -0.2) is 42.1 Å². The number of hydrogen-bond acceptors (Lipinski definition) is 6. The van der Waals surface area contributed by atoms with Gasteiger partial charge in [0.2, 0.25) is 5.95 Å². The van der Waals surface area contributed by atoms with E-state index in [0.717, 1.165) is 29.3 Å². The lowest BCUT2D eigenvalue weighted by molar-refractivity contribution is 0.282. The van der Waals surface area contributed by atoms with E-state index in [1.54, 1.807) is 6.92 Å². The summed E-state index contributed by atoms with van der Waals surface area (Å²) in [6, 6.07) is 12.2. The van der Waals surface area contributed by atoms with Crippen LogP contribution < -0.4 is 10.5 Å². The molecule has 3 heterocycles. The van der Waals surface area contributed by atoms with Crippen molar-refractivity contribution in [1.29, 1.82) is 0 Å². The molecule has 0 amide bonds. The summed E-state index contributed by atoms with van der Waals surface area (Å²) in [5.41, 5.74) is 1.63. The number of hydrogen-bond donors (Lipinski definition) is 1. The van der Waals surface area contributed by atoms with Crippen molar-refractivity contribution in [2.45, 2.75) is 37.0 Å². The number of oxazole rings is 1. The van der Waals surface area contributed by atoms with Crippen molar-refractivity contribution in [3.8, 4) is 0 Å². The van der Waals surface area contributed by atoms with Crippen LogP contribution in [0.2, 0.25) is 0 Å². The lowest BCUT2D eigenvalue weighted by atomic mass is 10.0. The van der Waals surface area contributed by atoms with Crippen LogP contribution in [0.5, 0.6) is 0 Å². The van der Waals surface area contributed by atoms with Gasteiger partial charge in [-0.2, -0.15) is 4.39 Å². The fourth-order valence-electron chi connectivity index (χ4n) is 4.55. The quantitative estimate of drug-likeness (QED) is 0.358. The molecule has 0 radical (unpaired) electrons. The van der Waals surface area contributed by atoms with Crippen LogP contribution in [0.4, 0.5) is 19.0 Å². The number of benzene rings is 2. The highest BCUT2D eigenvalue weighted by Crippen LogP contribution is 2.28. The third-order valence-corrected chi connectivity index (χ3v) is 7.72. The van der Waals surface area contributed by atoms with Gasteiger partial charge in [0.05, 0.1) is 11.6 Å². The van der Waals surface area contributed by atoms with Crippen LogP contribution >= 0.6 is 0 Å². The van der Waals surface area contributed by atoms with E-state index in [1.165, 1.54) is 16.7 Å².